The van der Waals surface area contributed by atoms with Gasteiger partial charge in [0.05, 0.1) is 5.69 Å². The Morgan fingerprint density at radius 2 is 2.12 bits per heavy atom. The van der Waals surface area contributed by atoms with Crippen LogP contribution in [0.15, 0.2) is 18.2 Å². The second-order valence-corrected chi connectivity index (χ2v) is 4.27. The molecule has 1 unspecified atom stereocenters. The van der Waals surface area contributed by atoms with E-state index in [1.807, 2.05) is 0 Å². The molecule has 0 saturated heterocycles. The van der Waals surface area contributed by atoms with E-state index in [-0.39, 0.29) is 17.6 Å². The van der Waals surface area contributed by atoms with Crippen molar-refractivity contribution in [2.24, 2.45) is 0 Å². The number of nitrogens with one attached hydrogen (secondary N) is 2. The van der Waals surface area contributed by atoms with Crippen molar-refractivity contribution in [2.75, 3.05) is 5.32 Å². The fourth-order valence-corrected chi connectivity index (χ4v) is 1.46. The van der Waals surface area contributed by atoms with Gasteiger partial charge in [0, 0.05) is 12.1 Å². The summed E-state index contributed by atoms with van der Waals surface area (Å²) >= 11 is 0. The number of carbonyl (C=O) groups excluding carboxylic acids is 1. The number of rotatable bonds is 4. The number of anilines is 1. The molecule has 0 aliphatic heterocycles. The molecule has 1 saturated carbocycles. The lowest BCUT2D eigenvalue weighted by molar-refractivity contribution is -0.121. The van der Waals surface area contributed by atoms with Gasteiger partial charge in [-0.1, -0.05) is 0 Å². The van der Waals surface area contributed by atoms with Crippen molar-refractivity contribution in [1.29, 1.82) is 0 Å². The normalized spacial score (nSPS) is 16.4. The minimum atomic E-state index is -0.698. The van der Waals surface area contributed by atoms with Crippen LogP contribution >= 0.6 is 0 Å². The molecule has 5 heteroatoms. The fraction of sp³-hybridized carbons (Fsp3) is 0.417. The number of amides is 1. The molecule has 1 amide bonds. The van der Waals surface area contributed by atoms with Crippen LogP contribution in [-0.4, -0.2) is 18.0 Å². The van der Waals surface area contributed by atoms with Gasteiger partial charge in [0.1, 0.15) is 17.7 Å². The van der Waals surface area contributed by atoms with E-state index in [1.54, 1.807) is 6.92 Å². The summed E-state index contributed by atoms with van der Waals surface area (Å²) < 4.78 is 26.0. The first-order valence-corrected chi connectivity index (χ1v) is 5.58. The van der Waals surface area contributed by atoms with Gasteiger partial charge in [-0.2, -0.15) is 0 Å². The lowest BCUT2D eigenvalue weighted by Gasteiger charge is -2.15. The van der Waals surface area contributed by atoms with Gasteiger partial charge in [-0.3, -0.25) is 4.79 Å². The van der Waals surface area contributed by atoms with E-state index in [0.29, 0.717) is 0 Å². The number of hydrogen-bond acceptors (Lipinski definition) is 2. The van der Waals surface area contributed by atoms with Gasteiger partial charge >= 0.3 is 0 Å². The Morgan fingerprint density at radius 1 is 1.41 bits per heavy atom. The highest BCUT2D eigenvalue weighted by atomic mass is 19.1. The molecule has 0 heterocycles. The van der Waals surface area contributed by atoms with Gasteiger partial charge < -0.3 is 10.6 Å². The molecule has 0 bridgehead atoms. The van der Waals surface area contributed by atoms with Gasteiger partial charge in [-0.25, -0.2) is 8.78 Å². The van der Waals surface area contributed by atoms with Crippen LogP contribution < -0.4 is 10.6 Å². The zero-order valence-corrected chi connectivity index (χ0v) is 9.47. The molecule has 1 atom stereocenters. The van der Waals surface area contributed by atoms with Gasteiger partial charge in [0.15, 0.2) is 0 Å². The highest BCUT2D eigenvalue weighted by molar-refractivity contribution is 5.84. The summed E-state index contributed by atoms with van der Waals surface area (Å²) in [5, 5.41) is 5.52. The monoisotopic (exact) mass is 240 g/mol. The van der Waals surface area contributed by atoms with E-state index in [9.17, 15) is 13.6 Å². The average molecular weight is 240 g/mol. The van der Waals surface area contributed by atoms with Gasteiger partial charge in [0.25, 0.3) is 0 Å². The molecule has 92 valence electrons. The van der Waals surface area contributed by atoms with Crippen molar-refractivity contribution < 1.29 is 13.6 Å². The number of benzene rings is 1. The van der Waals surface area contributed by atoms with Crippen LogP contribution in [-0.2, 0) is 4.79 Å². The second-order valence-electron chi connectivity index (χ2n) is 4.27. The molecule has 2 N–H and O–H groups in total. The second kappa shape index (κ2) is 4.69. The third kappa shape index (κ3) is 3.15. The maximum absolute atomic E-state index is 13.3. The Bertz CT molecular complexity index is 433. The Labute approximate surface area is 98.2 Å². The first-order chi connectivity index (χ1) is 8.06. The summed E-state index contributed by atoms with van der Waals surface area (Å²) in [5.74, 6) is -1.50. The van der Waals surface area contributed by atoms with Crippen LogP contribution in [0.2, 0.25) is 0 Å². The lowest BCUT2D eigenvalue weighted by Crippen LogP contribution is -2.38. The van der Waals surface area contributed by atoms with Crippen molar-refractivity contribution in [3.05, 3.63) is 29.8 Å². The van der Waals surface area contributed by atoms with Gasteiger partial charge in [-0.15, -0.1) is 0 Å². The van der Waals surface area contributed by atoms with Crippen molar-refractivity contribution in [2.45, 2.75) is 31.8 Å². The number of carbonyl (C=O) groups is 1. The van der Waals surface area contributed by atoms with Crippen LogP contribution in [0.4, 0.5) is 14.5 Å². The molecule has 1 aromatic carbocycles. The first-order valence-electron chi connectivity index (χ1n) is 5.58. The first kappa shape index (κ1) is 11.8. The molecule has 0 spiro atoms. The minimum Gasteiger partial charge on any atom is -0.372 e. The summed E-state index contributed by atoms with van der Waals surface area (Å²) in [6.45, 7) is 1.64. The predicted octanol–water partition coefficient (Wildman–Crippen LogP) is 2.04. The summed E-state index contributed by atoms with van der Waals surface area (Å²) in [7, 11) is 0. The molecule has 0 radical (unpaired) electrons. The van der Waals surface area contributed by atoms with Gasteiger partial charge in [-0.05, 0) is 31.9 Å². The van der Waals surface area contributed by atoms with Crippen molar-refractivity contribution in [3.63, 3.8) is 0 Å². The standard InChI is InChI=1S/C12H14F2N2O/c1-7(12(17)16-9-3-4-9)15-11-5-2-8(13)6-10(11)14/h2,5-7,9,15H,3-4H2,1H3,(H,16,17). The number of hydrogen-bond donors (Lipinski definition) is 2. The highest BCUT2D eigenvalue weighted by Crippen LogP contribution is 2.19. The van der Waals surface area contributed by atoms with E-state index >= 15 is 0 Å². The average Bonchev–Trinajstić information content (AvgIpc) is 3.06. The van der Waals surface area contributed by atoms with Crippen molar-refractivity contribution in [3.8, 4) is 0 Å². The van der Waals surface area contributed by atoms with Crippen molar-refractivity contribution in [1.82, 2.24) is 5.32 Å². The zero-order chi connectivity index (χ0) is 12.4. The molecule has 2 rings (SSSR count). The lowest BCUT2D eigenvalue weighted by atomic mass is 10.2. The number of halogens is 2. The van der Waals surface area contributed by atoms with Crippen LogP contribution in [0.5, 0.6) is 0 Å². The maximum atomic E-state index is 13.3. The van der Waals surface area contributed by atoms with Crippen LogP contribution in [0.25, 0.3) is 0 Å². The van der Waals surface area contributed by atoms with E-state index in [0.717, 1.165) is 25.0 Å². The molecule has 1 fully saturated rings. The van der Waals surface area contributed by atoms with E-state index in [2.05, 4.69) is 10.6 Å². The Hall–Kier alpha value is -1.65. The van der Waals surface area contributed by atoms with E-state index in [1.165, 1.54) is 6.07 Å². The summed E-state index contributed by atoms with van der Waals surface area (Å²) in [4.78, 5) is 11.6. The molecular weight excluding hydrogens is 226 g/mol. The summed E-state index contributed by atoms with van der Waals surface area (Å²) in [6, 6.07) is 2.94. The largest absolute Gasteiger partial charge is 0.372 e. The van der Waals surface area contributed by atoms with E-state index < -0.39 is 17.7 Å². The van der Waals surface area contributed by atoms with Crippen LogP contribution in [0.1, 0.15) is 19.8 Å². The molecule has 1 aliphatic rings. The molecule has 0 aromatic heterocycles. The smallest absolute Gasteiger partial charge is 0.242 e. The summed E-state index contributed by atoms with van der Waals surface area (Å²) in [6.07, 6.45) is 2.01. The zero-order valence-electron chi connectivity index (χ0n) is 9.47. The predicted molar refractivity (Wildman–Crippen MR) is 60.6 cm³/mol. The Morgan fingerprint density at radius 3 is 2.71 bits per heavy atom. The molecule has 1 aliphatic carbocycles. The van der Waals surface area contributed by atoms with Crippen LogP contribution in [0, 0.1) is 11.6 Å². The SMILES string of the molecule is CC(Nc1ccc(F)cc1F)C(=O)NC1CC1. The molecular formula is C12H14F2N2O. The molecule has 1 aromatic rings. The topological polar surface area (TPSA) is 41.1 Å². The Kier molecular flexibility index (Phi) is 3.26. The Balaban J connectivity index is 1.96. The third-order valence-corrected chi connectivity index (χ3v) is 2.62. The molecule has 17 heavy (non-hydrogen) atoms. The quantitative estimate of drug-likeness (QED) is 0.845. The van der Waals surface area contributed by atoms with Crippen molar-refractivity contribution >= 4 is 11.6 Å². The van der Waals surface area contributed by atoms with Gasteiger partial charge in [0.2, 0.25) is 5.91 Å². The maximum Gasteiger partial charge on any atom is 0.242 e. The molecule has 3 nitrogen and oxygen atoms in total. The van der Waals surface area contributed by atoms with Crippen LogP contribution in [0.3, 0.4) is 0 Å². The highest BCUT2D eigenvalue weighted by Gasteiger charge is 2.25. The third-order valence-electron chi connectivity index (χ3n) is 2.62. The van der Waals surface area contributed by atoms with E-state index in [4.69, 9.17) is 0 Å². The fourth-order valence-electron chi connectivity index (χ4n) is 1.46. The minimum absolute atomic E-state index is 0.129. The summed E-state index contributed by atoms with van der Waals surface area (Å²) in [5.41, 5.74) is 0.129.